The fourth-order valence-corrected chi connectivity index (χ4v) is 4.00. The Morgan fingerprint density at radius 1 is 1.17 bits per heavy atom. The molecule has 4 rings (SSSR count). The number of rotatable bonds is 3. The van der Waals surface area contributed by atoms with Crippen LogP contribution in [0.5, 0.6) is 11.5 Å². The van der Waals surface area contributed by atoms with Gasteiger partial charge in [0.15, 0.2) is 0 Å². The number of aryl methyl sites for hydroxylation is 1. The van der Waals surface area contributed by atoms with Crippen LogP contribution in [0.4, 0.5) is 5.69 Å². The van der Waals surface area contributed by atoms with E-state index in [2.05, 4.69) is 46.8 Å². The first-order chi connectivity index (χ1) is 13.8. The third kappa shape index (κ3) is 3.58. The van der Waals surface area contributed by atoms with Crippen LogP contribution in [0, 0.1) is 0 Å². The molecule has 0 radical (unpaired) electrons. The van der Waals surface area contributed by atoms with Crippen LogP contribution in [0.3, 0.4) is 0 Å². The van der Waals surface area contributed by atoms with Crippen LogP contribution in [-0.4, -0.2) is 31.0 Å². The summed E-state index contributed by atoms with van der Waals surface area (Å²) in [4.78, 5) is 24.4. The second-order valence-electron chi connectivity index (χ2n) is 6.34. The van der Waals surface area contributed by atoms with Crippen molar-refractivity contribution >= 4 is 54.8 Å². The van der Waals surface area contributed by atoms with Crippen molar-refractivity contribution < 1.29 is 10.2 Å². The van der Waals surface area contributed by atoms with Gasteiger partial charge in [0.2, 0.25) is 0 Å². The number of imidazole rings is 1. The van der Waals surface area contributed by atoms with Crippen LogP contribution in [-0.2, 0) is 7.05 Å². The number of halogens is 2. The molecule has 0 spiro atoms. The van der Waals surface area contributed by atoms with Crippen molar-refractivity contribution in [3.8, 4) is 22.9 Å². The van der Waals surface area contributed by atoms with Crippen molar-refractivity contribution in [2.45, 2.75) is 0 Å². The molecule has 0 amide bonds. The largest absolute Gasteiger partial charge is 0.506 e. The van der Waals surface area contributed by atoms with Crippen LogP contribution in [0.25, 0.3) is 22.4 Å². The lowest BCUT2D eigenvalue weighted by molar-refractivity contribution is 0.442. The summed E-state index contributed by atoms with van der Waals surface area (Å²) < 4.78 is 2.12. The number of phenols is 2. The molecule has 0 aliphatic carbocycles. The zero-order valence-electron chi connectivity index (χ0n) is 15.0. The zero-order valence-corrected chi connectivity index (χ0v) is 18.2. The van der Waals surface area contributed by atoms with Gasteiger partial charge in [-0.2, -0.15) is 0 Å². The van der Waals surface area contributed by atoms with E-state index in [9.17, 15) is 15.0 Å². The third-order valence-electron chi connectivity index (χ3n) is 4.39. The summed E-state index contributed by atoms with van der Waals surface area (Å²) in [5.74, 6) is 0.295. The number of nitrogens with zero attached hydrogens (tertiary/aromatic N) is 3. The van der Waals surface area contributed by atoms with Crippen LogP contribution in [0.1, 0.15) is 5.56 Å². The number of aromatic hydroxyl groups is 2. The van der Waals surface area contributed by atoms with E-state index in [-0.39, 0.29) is 21.5 Å². The predicted molar refractivity (Wildman–Crippen MR) is 119 cm³/mol. The summed E-state index contributed by atoms with van der Waals surface area (Å²) in [6.07, 6.45) is 3.19. The first-order valence-corrected chi connectivity index (χ1v) is 10.0. The Kier molecular flexibility index (Phi) is 5.01. The second-order valence-corrected chi connectivity index (χ2v) is 7.99. The number of hydrogen-bond acceptors (Lipinski definition) is 5. The molecule has 29 heavy (non-hydrogen) atoms. The molecule has 7 nitrogen and oxygen atoms in total. The van der Waals surface area contributed by atoms with Crippen molar-refractivity contribution in [1.82, 2.24) is 14.5 Å². The normalized spacial score (nSPS) is 11.6. The van der Waals surface area contributed by atoms with Gasteiger partial charge in [0.05, 0.1) is 26.8 Å². The molecule has 4 aromatic rings. The van der Waals surface area contributed by atoms with Crippen molar-refractivity contribution in [1.29, 1.82) is 0 Å². The highest BCUT2D eigenvalue weighted by Gasteiger charge is 2.13. The Bertz CT molecular complexity index is 1340. The van der Waals surface area contributed by atoms with Gasteiger partial charge in [-0.25, -0.2) is 4.98 Å². The number of hydrogen-bond donors (Lipinski definition) is 3. The van der Waals surface area contributed by atoms with E-state index in [1.165, 1.54) is 10.8 Å². The molecule has 2 heterocycles. The molecule has 0 unspecified atom stereocenters. The summed E-state index contributed by atoms with van der Waals surface area (Å²) in [5, 5.41) is 20.0. The van der Waals surface area contributed by atoms with Gasteiger partial charge in [-0.15, -0.1) is 0 Å². The number of aromatic nitrogens is 3. The average molecular weight is 518 g/mol. The molecule has 0 saturated carbocycles. The van der Waals surface area contributed by atoms with E-state index in [0.29, 0.717) is 32.6 Å². The standard InChI is InChI=1S/C20H14Br2N4O3/c1-26-6-2-3-12(20(26)29)19-24-14-5-4-11(8-15(14)25-19)23-9-10-7-13(21)18(28)16(22)17(10)27/h2-9,27-28H,1H3,(H,24,25). The van der Waals surface area contributed by atoms with Gasteiger partial charge in [-0.1, -0.05) is 0 Å². The lowest BCUT2D eigenvalue weighted by Gasteiger charge is -2.06. The minimum absolute atomic E-state index is 0.0851. The summed E-state index contributed by atoms with van der Waals surface area (Å²) in [7, 11) is 1.69. The second kappa shape index (κ2) is 7.49. The Morgan fingerprint density at radius 3 is 2.76 bits per heavy atom. The van der Waals surface area contributed by atoms with E-state index < -0.39 is 0 Å². The summed E-state index contributed by atoms with van der Waals surface area (Å²) >= 11 is 6.38. The van der Waals surface area contributed by atoms with Crippen molar-refractivity contribution in [3.63, 3.8) is 0 Å². The van der Waals surface area contributed by atoms with E-state index >= 15 is 0 Å². The topological polar surface area (TPSA) is 104 Å². The number of aromatic amines is 1. The Morgan fingerprint density at radius 2 is 1.97 bits per heavy atom. The fourth-order valence-electron chi connectivity index (χ4n) is 2.84. The number of H-pyrrole nitrogens is 1. The molecule has 3 N–H and O–H groups in total. The smallest absolute Gasteiger partial charge is 0.261 e. The van der Waals surface area contributed by atoms with Gasteiger partial charge in [-0.3, -0.25) is 9.79 Å². The van der Waals surface area contributed by atoms with E-state index in [1.54, 1.807) is 49.6 Å². The van der Waals surface area contributed by atoms with Crippen molar-refractivity contribution in [2.24, 2.45) is 12.0 Å². The fraction of sp³-hybridized carbons (Fsp3) is 0.0500. The highest BCUT2D eigenvalue weighted by Crippen LogP contribution is 2.40. The minimum Gasteiger partial charge on any atom is -0.506 e. The molecule has 2 aromatic heterocycles. The molecular weight excluding hydrogens is 504 g/mol. The molecule has 0 bridgehead atoms. The molecule has 0 aliphatic rings. The number of benzene rings is 2. The number of aliphatic imine (C=N–C) groups is 1. The molecular formula is C20H14Br2N4O3. The summed E-state index contributed by atoms with van der Waals surface area (Å²) in [5.41, 5.74) is 2.86. The SMILES string of the molecule is Cn1cccc(-c2nc3ccc(N=Cc4cc(Br)c(O)c(Br)c4O)cc3[nH]2)c1=O. The molecule has 0 aliphatic heterocycles. The van der Waals surface area contributed by atoms with E-state index in [4.69, 9.17) is 0 Å². The Labute approximate surface area is 181 Å². The minimum atomic E-state index is -0.135. The first kappa shape index (κ1) is 19.4. The summed E-state index contributed by atoms with van der Waals surface area (Å²) in [6.45, 7) is 0. The number of nitrogens with one attached hydrogen (secondary N) is 1. The highest BCUT2D eigenvalue weighted by molar-refractivity contribution is 9.11. The maximum absolute atomic E-state index is 12.3. The van der Waals surface area contributed by atoms with E-state index in [1.807, 2.05) is 0 Å². The Balaban J connectivity index is 1.71. The quantitative estimate of drug-likeness (QED) is 0.345. The van der Waals surface area contributed by atoms with Crippen molar-refractivity contribution in [2.75, 3.05) is 0 Å². The molecule has 146 valence electrons. The van der Waals surface area contributed by atoms with E-state index in [0.717, 1.165) is 5.52 Å². The lowest BCUT2D eigenvalue weighted by atomic mass is 10.2. The first-order valence-electron chi connectivity index (χ1n) is 8.45. The maximum atomic E-state index is 12.3. The Hall–Kier alpha value is -2.91. The number of fused-ring (bicyclic) bond motifs is 1. The monoisotopic (exact) mass is 516 g/mol. The molecule has 0 saturated heterocycles. The third-order valence-corrected chi connectivity index (χ3v) is 5.75. The molecule has 0 fully saturated rings. The van der Waals surface area contributed by atoms with Crippen LogP contribution in [0.2, 0.25) is 0 Å². The molecule has 2 aromatic carbocycles. The van der Waals surface area contributed by atoms with Crippen LogP contribution >= 0.6 is 31.9 Å². The average Bonchev–Trinajstić information content (AvgIpc) is 3.13. The molecule has 0 atom stereocenters. The van der Waals surface area contributed by atoms with Gasteiger partial charge in [0.25, 0.3) is 5.56 Å². The zero-order chi connectivity index (χ0) is 20.7. The number of pyridine rings is 1. The van der Waals surface area contributed by atoms with Gasteiger partial charge in [0.1, 0.15) is 21.8 Å². The van der Waals surface area contributed by atoms with Crippen molar-refractivity contribution in [3.05, 3.63) is 67.5 Å². The molecule has 9 heteroatoms. The summed E-state index contributed by atoms with van der Waals surface area (Å²) in [6, 6.07) is 10.5. The van der Waals surface area contributed by atoms with Gasteiger partial charge in [-0.05, 0) is 68.3 Å². The van der Waals surface area contributed by atoms with Crippen LogP contribution in [0.15, 0.2) is 61.3 Å². The van der Waals surface area contributed by atoms with Crippen LogP contribution < -0.4 is 5.56 Å². The lowest BCUT2D eigenvalue weighted by Crippen LogP contribution is -2.17. The number of phenolic OH excluding ortho intramolecular Hbond substituents is 2. The predicted octanol–water partition coefficient (Wildman–Crippen LogP) is 4.62. The highest BCUT2D eigenvalue weighted by atomic mass is 79.9. The van der Waals surface area contributed by atoms with Gasteiger partial charge < -0.3 is 19.8 Å². The maximum Gasteiger partial charge on any atom is 0.261 e. The van der Waals surface area contributed by atoms with Gasteiger partial charge in [0, 0.05) is 25.0 Å². The van der Waals surface area contributed by atoms with Gasteiger partial charge >= 0.3 is 0 Å².